The minimum absolute atomic E-state index is 0.0220. The predicted octanol–water partition coefficient (Wildman–Crippen LogP) is 6.13. The second kappa shape index (κ2) is 10.9. The number of carbonyl (C=O) groups is 2. The first-order valence-corrected chi connectivity index (χ1v) is 11.4. The second-order valence-corrected chi connectivity index (χ2v) is 9.45. The molecule has 8 heteroatoms. The Hall–Kier alpha value is -1.82. The summed E-state index contributed by atoms with van der Waals surface area (Å²) in [6.45, 7) is 1.08. The molecular weight excluding hydrogens is 490 g/mol. The number of likely N-dealkylation sites (tertiary alicyclic amines) is 1. The van der Waals surface area contributed by atoms with Gasteiger partial charge in [-0.15, -0.1) is 0 Å². The Bertz CT molecular complexity index is 1040. The van der Waals surface area contributed by atoms with E-state index in [2.05, 4.69) is 0 Å². The van der Waals surface area contributed by atoms with Crippen molar-refractivity contribution in [3.8, 4) is 0 Å². The summed E-state index contributed by atoms with van der Waals surface area (Å²) in [7, 11) is 3.83. The lowest BCUT2D eigenvalue weighted by Crippen LogP contribution is -2.42. The highest BCUT2D eigenvalue weighted by Gasteiger charge is 2.29. The summed E-state index contributed by atoms with van der Waals surface area (Å²) in [6, 6.07) is 10.3. The fourth-order valence-corrected chi connectivity index (χ4v) is 3.91. The summed E-state index contributed by atoms with van der Waals surface area (Å²) in [5, 5.41) is 1.67. The normalized spacial score (nSPS) is 17.0. The van der Waals surface area contributed by atoms with E-state index in [-0.39, 0.29) is 24.8 Å². The Morgan fingerprint density at radius 2 is 1.34 bits per heavy atom. The van der Waals surface area contributed by atoms with E-state index in [4.69, 9.17) is 46.4 Å². The Kier molecular flexibility index (Phi) is 8.43. The van der Waals surface area contributed by atoms with Crippen molar-refractivity contribution in [2.24, 2.45) is 0 Å². The van der Waals surface area contributed by atoms with Gasteiger partial charge in [-0.25, -0.2) is 0 Å². The van der Waals surface area contributed by atoms with E-state index in [0.29, 0.717) is 44.2 Å². The second-order valence-electron chi connectivity index (χ2n) is 7.82. The standard InChI is InChI=1S/C24H22Cl4N2O2/c1-29(2)8-7-23(31)30-13-17(9-15-3-5-19(25)21(27)11-15)24(32)18(14-30)10-16-4-6-20(26)22(28)12-16/h3-6,9-12H,7-8,13-14H2,1-2H3. The van der Waals surface area contributed by atoms with Crippen LogP contribution in [0.4, 0.5) is 0 Å². The SMILES string of the molecule is CN(C)CCC(=O)N1CC(=Cc2ccc(Cl)c(Cl)c2)C(=O)C(=Cc2ccc(Cl)c(Cl)c2)C1. The molecule has 0 aliphatic carbocycles. The van der Waals surface area contributed by atoms with E-state index in [0.717, 1.165) is 11.1 Å². The van der Waals surface area contributed by atoms with Gasteiger partial charge in [0.15, 0.2) is 5.78 Å². The average Bonchev–Trinajstić information content (AvgIpc) is 2.74. The lowest BCUT2D eigenvalue weighted by Gasteiger charge is -2.30. The first-order valence-electron chi connectivity index (χ1n) is 9.92. The Morgan fingerprint density at radius 1 is 0.875 bits per heavy atom. The molecule has 0 radical (unpaired) electrons. The number of rotatable bonds is 5. The third-order valence-electron chi connectivity index (χ3n) is 5.00. The van der Waals surface area contributed by atoms with Gasteiger partial charge in [-0.3, -0.25) is 9.59 Å². The number of hydrogen-bond donors (Lipinski definition) is 0. The molecule has 0 bridgehead atoms. The van der Waals surface area contributed by atoms with Crippen LogP contribution in [-0.4, -0.2) is 55.2 Å². The number of benzene rings is 2. The smallest absolute Gasteiger partial charge is 0.224 e. The maximum atomic E-state index is 13.3. The fraction of sp³-hybridized carbons (Fsp3) is 0.250. The van der Waals surface area contributed by atoms with Gasteiger partial charge >= 0.3 is 0 Å². The molecule has 1 aliphatic rings. The van der Waals surface area contributed by atoms with E-state index >= 15 is 0 Å². The van der Waals surface area contributed by atoms with E-state index in [1.165, 1.54) is 0 Å². The number of nitrogens with zero attached hydrogens (tertiary/aromatic N) is 2. The van der Waals surface area contributed by atoms with Crippen LogP contribution in [0.3, 0.4) is 0 Å². The third kappa shape index (κ3) is 6.37. The molecule has 1 saturated heterocycles. The summed E-state index contributed by atoms with van der Waals surface area (Å²) in [5.74, 6) is -0.148. The zero-order valence-corrected chi connectivity index (χ0v) is 20.7. The molecular formula is C24H22Cl4N2O2. The lowest BCUT2D eigenvalue weighted by atomic mass is 9.94. The molecule has 1 aliphatic heterocycles. The van der Waals surface area contributed by atoms with Crippen molar-refractivity contribution < 1.29 is 9.59 Å². The maximum absolute atomic E-state index is 13.3. The van der Waals surface area contributed by atoms with Gasteiger partial charge in [0.05, 0.1) is 20.1 Å². The molecule has 1 heterocycles. The number of amides is 1. The lowest BCUT2D eigenvalue weighted by molar-refractivity contribution is -0.131. The van der Waals surface area contributed by atoms with E-state index in [9.17, 15) is 9.59 Å². The van der Waals surface area contributed by atoms with Crippen molar-refractivity contribution in [2.75, 3.05) is 33.7 Å². The van der Waals surface area contributed by atoms with Crippen LogP contribution in [0.15, 0.2) is 47.5 Å². The number of hydrogen-bond acceptors (Lipinski definition) is 3. The van der Waals surface area contributed by atoms with Gasteiger partial charge in [0.1, 0.15) is 0 Å². The molecule has 0 N–H and O–H groups in total. The monoisotopic (exact) mass is 510 g/mol. The molecule has 1 amide bonds. The van der Waals surface area contributed by atoms with Crippen molar-refractivity contribution in [1.82, 2.24) is 9.80 Å². The molecule has 4 nitrogen and oxygen atoms in total. The van der Waals surface area contributed by atoms with Crippen molar-refractivity contribution in [2.45, 2.75) is 6.42 Å². The Morgan fingerprint density at radius 3 is 1.75 bits per heavy atom. The van der Waals surface area contributed by atoms with Crippen LogP contribution in [0.2, 0.25) is 20.1 Å². The fourth-order valence-electron chi connectivity index (χ4n) is 3.30. The third-order valence-corrected chi connectivity index (χ3v) is 6.48. The van der Waals surface area contributed by atoms with Crippen LogP contribution >= 0.6 is 46.4 Å². The van der Waals surface area contributed by atoms with Gasteiger partial charge in [-0.1, -0.05) is 58.5 Å². The van der Waals surface area contributed by atoms with Crippen molar-refractivity contribution in [3.63, 3.8) is 0 Å². The van der Waals surface area contributed by atoms with Gasteiger partial charge in [0.25, 0.3) is 0 Å². The van der Waals surface area contributed by atoms with Gasteiger partial charge in [0.2, 0.25) is 5.91 Å². The zero-order chi connectivity index (χ0) is 23.4. The molecule has 0 spiro atoms. The first-order chi connectivity index (χ1) is 15.1. The van der Waals surface area contributed by atoms with Crippen LogP contribution in [0, 0.1) is 0 Å². The van der Waals surface area contributed by atoms with Crippen LogP contribution < -0.4 is 0 Å². The molecule has 2 aromatic rings. The Labute approximate surface area is 208 Å². The van der Waals surface area contributed by atoms with E-state index in [1.807, 2.05) is 19.0 Å². The van der Waals surface area contributed by atoms with Gasteiger partial charge < -0.3 is 9.80 Å². The molecule has 32 heavy (non-hydrogen) atoms. The molecule has 1 fully saturated rings. The maximum Gasteiger partial charge on any atom is 0.224 e. The molecule has 0 atom stereocenters. The van der Waals surface area contributed by atoms with Crippen LogP contribution in [0.25, 0.3) is 12.2 Å². The number of ketones is 1. The summed E-state index contributed by atoms with van der Waals surface area (Å²) in [5.41, 5.74) is 2.47. The van der Waals surface area contributed by atoms with Gasteiger partial charge in [-0.2, -0.15) is 0 Å². The number of piperidine rings is 1. The molecule has 0 aromatic heterocycles. The summed E-state index contributed by atoms with van der Waals surface area (Å²) in [4.78, 5) is 29.8. The quantitative estimate of drug-likeness (QED) is 0.453. The van der Waals surface area contributed by atoms with Crippen LogP contribution in [-0.2, 0) is 9.59 Å². The minimum atomic E-state index is -0.126. The highest BCUT2D eigenvalue weighted by Crippen LogP contribution is 2.28. The first kappa shape index (κ1) is 24.8. The molecule has 2 aromatic carbocycles. The summed E-state index contributed by atoms with van der Waals surface area (Å²) < 4.78 is 0. The van der Waals surface area contributed by atoms with Crippen molar-refractivity contribution in [3.05, 3.63) is 78.8 Å². The van der Waals surface area contributed by atoms with Gasteiger partial charge in [-0.05, 0) is 61.6 Å². The predicted molar refractivity (Wildman–Crippen MR) is 134 cm³/mol. The average molecular weight is 512 g/mol. The topological polar surface area (TPSA) is 40.6 Å². The van der Waals surface area contributed by atoms with Crippen molar-refractivity contribution >= 4 is 70.2 Å². The number of halogens is 4. The van der Waals surface area contributed by atoms with Gasteiger partial charge in [0, 0.05) is 37.2 Å². The highest BCUT2D eigenvalue weighted by atomic mass is 35.5. The van der Waals surface area contributed by atoms with E-state index < -0.39 is 0 Å². The van der Waals surface area contributed by atoms with Crippen LogP contribution in [0.1, 0.15) is 17.5 Å². The Balaban J connectivity index is 1.98. The minimum Gasteiger partial charge on any atom is -0.334 e. The highest BCUT2D eigenvalue weighted by molar-refractivity contribution is 6.42. The number of carbonyl (C=O) groups excluding carboxylic acids is 2. The summed E-state index contributed by atoms with van der Waals surface area (Å²) >= 11 is 24.3. The molecule has 0 unspecified atom stereocenters. The zero-order valence-electron chi connectivity index (χ0n) is 17.7. The summed E-state index contributed by atoms with van der Waals surface area (Å²) in [6.07, 6.45) is 3.86. The van der Waals surface area contributed by atoms with Crippen molar-refractivity contribution in [1.29, 1.82) is 0 Å². The molecule has 3 rings (SSSR count). The molecule has 0 saturated carbocycles. The largest absolute Gasteiger partial charge is 0.334 e. The van der Waals surface area contributed by atoms with Crippen LogP contribution in [0.5, 0.6) is 0 Å². The van der Waals surface area contributed by atoms with E-state index in [1.54, 1.807) is 53.5 Å². The molecule has 168 valence electrons. The number of Topliss-reactive ketones (excluding diaryl/α,β-unsaturated/α-hetero) is 1.